The van der Waals surface area contributed by atoms with Crippen molar-refractivity contribution in [1.29, 1.82) is 0 Å². The number of benzene rings is 2. The van der Waals surface area contributed by atoms with E-state index in [0.717, 1.165) is 36.0 Å². The SMILES string of the molecule is O=C(O)Cc1ccc(CCc2ccc(OC(F)F)c(OCC3CC3)c2)cc1. The van der Waals surface area contributed by atoms with Gasteiger partial charge in [0.15, 0.2) is 11.5 Å². The molecular weight excluding hydrogens is 354 g/mol. The third-order valence-corrected chi connectivity index (χ3v) is 4.48. The van der Waals surface area contributed by atoms with Crippen molar-refractivity contribution in [3.05, 3.63) is 59.2 Å². The fourth-order valence-corrected chi connectivity index (χ4v) is 2.79. The molecule has 144 valence electrons. The quantitative estimate of drug-likeness (QED) is 0.664. The van der Waals surface area contributed by atoms with Gasteiger partial charge in [-0.15, -0.1) is 0 Å². The van der Waals surface area contributed by atoms with Crippen molar-refractivity contribution >= 4 is 5.97 Å². The number of rotatable bonds is 10. The van der Waals surface area contributed by atoms with Gasteiger partial charge in [-0.05, 0) is 60.4 Å². The first kappa shape index (κ1) is 19.1. The molecule has 0 aromatic heterocycles. The van der Waals surface area contributed by atoms with Crippen LogP contribution in [0.2, 0.25) is 0 Å². The highest BCUT2D eigenvalue weighted by Gasteiger charge is 2.23. The maximum absolute atomic E-state index is 12.6. The molecule has 1 N–H and O–H groups in total. The van der Waals surface area contributed by atoms with Gasteiger partial charge in [0.2, 0.25) is 0 Å². The average molecular weight is 376 g/mol. The number of alkyl halides is 2. The zero-order chi connectivity index (χ0) is 19.2. The van der Waals surface area contributed by atoms with Gasteiger partial charge < -0.3 is 14.6 Å². The van der Waals surface area contributed by atoms with Crippen molar-refractivity contribution in [3.63, 3.8) is 0 Å². The minimum absolute atomic E-state index is 0.00751. The Morgan fingerprint density at radius 2 is 1.63 bits per heavy atom. The molecule has 1 aliphatic carbocycles. The lowest BCUT2D eigenvalue weighted by Crippen LogP contribution is -2.06. The monoisotopic (exact) mass is 376 g/mol. The number of hydrogen-bond acceptors (Lipinski definition) is 3. The number of carboxylic acids is 1. The normalized spacial score (nSPS) is 13.6. The standard InChI is InChI=1S/C21H22F2O4/c22-21(23)27-18-10-9-15(11-19(18)26-13-17-7-8-17)4-1-14-2-5-16(6-3-14)12-20(24)25/h2-3,5-6,9-11,17,21H,1,4,7-8,12-13H2,(H,24,25). The summed E-state index contributed by atoms with van der Waals surface area (Å²) in [5.74, 6) is 0.0777. The highest BCUT2D eigenvalue weighted by atomic mass is 19.3. The van der Waals surface area contributed by atoms with Crippen molar-refractivity contribution in [2.75, 3.05) is 6.61 Å². The summed E-state index contributed by atoms with van der Waals surface area (Å²) in [4.78, 5) is 10.7. The van der Waals surface area contributed by atoms with E-state index in [0.29, 0.717) is 24.7 Å². The van der Waals surface area contributed by atoms with Gasteiger partial charge in [-0.2, -0.15) is 8.78 Å². The highest BCUT2D eigenvalue weighted by Crippen LogP contribution is 2.34. The fraction of sp³-hybridized carbons (Fsp3) is 0.381. The fourth-order valence-electron chi connectivity index (χ4n) is 2.79. The minimum atomic E-state index is -2.89. The first-order chi connectivity index (χ1) is 13.0. The third kappa shape index (κ3) is 6.24. The van der Waals surface area contributed by atoms with E-state index >= 15 is 0 Å². The molecule has 1 saturated carbocycles. The molecule has 0 saturated heterocycles. The Morgan fingerprint density at radius 1 is 1.00 bits per heavy atom. The Balaban J connectivity index is 1.62. The number of aryl methyl sites for hydroxylation is 2. The molecule has 2 aromatic rings. The molecule has 2 aromatic carbocycles. The smallest absolute Gasteiger partial charge is 0.387 e. The molecule has 3 rings (SSSR count). The Hall–Kier alpha value is -2.63. The van der Waals surface area contributed by atoms with Gasteiger partial charge in [0, 0.05) is 0 Å². The zero-order valence-corrected chi connectivity index (χ0v) is 14.9. The molecule has 6 heteroatoms. The number of carboxylic acid groups (broad SMARTS) is 1. The van der Waals surface area contributed by atoms with Crippen molar-refractivity contribution in [1.82, 2.24) is 0 Å². The van der Waals surface area contributed by atoms with Crippen LogP contribution in [0.25, 0.3) is 0 Å². The molecule has 0 amide bonds. The lowest BCUT2D eigenvalue weighted by atomic mass is 10.0. The van der Waals surface area contributed by atoms with Crippen LogP contribution in [-0.4, -0.2) is 24.3 Å². The van der Waals surface area contributed by atoms with Gasteiger partial charge in [-0.1, -0.05) is 30.3 Å². The van der Waals surface area contributed by atoms with Crippen molar-refractivity contribution in [2.45, 2.75) is 38.7 Å². The lowest BCUT2D eigenvalue weighted by molar-refractivity contribution is -0.136. The van der Waals surface area contributed by atoms with Gasteiger partial charge in [0.25, 0.3) is 0 Å². The number of halogens is 2. The van der Waals surface area contributed by atoms with Crippen LogP contribution < -0.4 is 9.47 Å². The summed E-state index contributed by atoms with van der Waals surface area (Å²) in [5, 5.41) is 8.80. The number of aliphatic carboxylic acids is 1. The predicted molar refractivity (Wildman–Crippen MR) is 96.5 cm³/mol. The van der Waals surface area contributed by atoms with Crippen LogP contribution in [0.3, 0.4) is 0 Å². The van der Waals surface area contributed by atoms with Crippen LogP contribution in [0.1, 0.15) is 29.5 Å². The van der Waals surface area contributed by atoms with Gasteiger partial charge in [-0.25, -0.2) is 0 Å². The van der Waals surface area contributed by atoms with E-state index < -0.39 is 12.6 Å². The van der Waals surface area contributed by atoms with Gasteiger partial charge in [0.05, 0.1) is 13.0 Å². The van der Waals surface area contributed by atoms with Gasteiger partial charge in [0.1, 0.15) is 0 Å². The van der Waals surface area contributed by atoms with E-state index in [1.807, 2.05) is 24.3 Å². The Morgan fingerprint density at radius 3 is 2.26 bits per heavy atom. The molecule has 0 radical (unpaired) electrons. The second-order valence-electron chi connectivity index (χ2n) is 6.80. The molecule has 0 heterocycles. The number of hydrogen-bond donors (Lipinski definition) is 1. The average Bonchev–Trinajstić information content (AvgIpc) is 3.44. The molecule has 27 heavy (non-hydrogen) atoms. The lowest BCUT2D eigenvalue weighted by Gasteiger charge is -2.14. The third-order valence-electron chi connectivity index (χ3n) is 4.48. The maximum atomic E-state index is 12.6. The molecule has 0 atom stereocenters. The second kappa shape index (κ2) is 8.84. The van der Waals surface area contributed by atoms with Crippen LogP contribution in [0.4, 0.5) is 8.78 Å². The van der Waals surface area contributed by atoms with E-state index in [9.17, 15) is 13.6 Å². The highest BCUT2D eigenvalue weighted by molar-refractivity contribution is 5.70. The van der Waals surface area contributed by atoms with Crippen molar-refractivity contribution < 1.29 is 28.2 Å². The summed E-state index contributed by atoms with van der Waals surface area (Å²) < 4.78 is 35.4. The molecule has 0 unspecified atom stereocenters. The Bertz CT molecular complexity index is 770. The second-order valence-corrected chi connectivity index (χ2v) is 6.80. The Kier molecular flexibility index (Phi) is 6.27. The van der Waals surface area contributed by atoms with Crippen LogP contribution in [0.5, 0.6) is 11.5 Å². The van der Waals surface area contributed by atoms with E-state index in [1.165, 1.54) is 6.07 Å². The molecule has 0 spiro atoms. The minimum Gasteiger partial charge on any atom is -0.489 e. The zero-order valence-electron chi connectivity index (χ0n) is 14.9. The molecule has 0 bridgehead atoms. The molecule has 1 fully saturated rings. The first-order valence-electron chi connectivity index (χ1n) is 9.00. The molecule has 0 aliphatic heterocycles. The number of carbonyl (C=O) groups is 1. The van der Waals surface area contributed by atoms with Crippen LogP contribution in [0, 0.1) is 5.92 Å². The van der Waals surface area contributed by atoms with Gasteiger partial charge >= 0.3 is 12.6 Å². The molecular formula is C21H22F2O4. The largest absolute Gasteiger partial charge is 0.489 e. The van der Waals surface area contributed by atoms with Crippen molar-refractivity contribution in [2.24, 2.45) is 5.92 Å². The first-order valence-corrected chi connectivity index (χ1v) is 9.00. The predicted octanol–water partition coefficient (Wildman–Crippen LogP) is 4.49. The summed E-state index contributed by atoms with van der Waals surface area (Å²) in [7, 11) is 0. The summed E-state index contributed by atoms with van der Waals surface area (Å²) in [6.45, 7) is -2.36. The topological polar surface area (TPSA) is 55.8 Å². The number of ether oxygens (including phenoxy) is 2. The van der Waals surface area contributed by atoms with E-state index in [1.54, 1.807) is 12.1 Å². The van der Waals surface area contributed by atoms with E-state index in [-0.39, 0.29) is 12.2 Å². The van der Waals surface area contributed by atoms with Crippen LogP contribution >= 0.6 is 0 Å². The van der Waals surface area contributed by atoms with Crippen molar-refractivity contribution in [3.8, 4) is 11.5 Å². The summed E-state index contributed by atoms with van der Waals surface area (Å²) in [6.07, 6.45) is 3.70. The summed E-state index contributed by atoms with van der Waals surface area (Å²) >= 11 is 0. The van der Waals surface area contributed by atoms with Gasteiger partial charge in [-0.3, -0.25) is 4.79 Å². The maximum Gasteiger partial charge on any atom is 0.387 e. The van der Waals surface area contributed by atoms with E-state index in [2.05, 4.69) is 4.74 Å². The molecule has 1 aliphatic rings. The van der Waals surface area contributed by atoms with Crippen LogP contribution in [0.15, 0.2) is 42.5 Å². The molecule has 4 nitrogen and oxygen atoms in total. The van der Waals surface area contributed by atoms with Crippen LogP contribution in [-0.2, 0) is 24.1 Å². The van der Waals surface area contributed by atoms with E-state index in [4.69, 9.17) is 9.84 Å². The Labute approximate surface area is 156 Å². The summed E-state index contributed by atoms with van der Waals surface area (Å²) in [5.41, 5.74) is 2.81. The summed E-state index contributed by atoms with van der Waals surface area (Å²) in [6, 6.07) is 12.5.